The Morgan fingerprint density at radius 3 is 2.79 bits per heavy atom. The van der Waals surface area contributed by atoms with Crippen LogP contribution in [0.2, 0.25) is 0 Å². The normalized spacial score (nSPS) is 15.5. The highest BCUT2D eigenvalue weighted by Gasteiger charge is 2.26. The molecule has 1 aliphatic rings. The molecule has 0 spiro atoms. The highest BCUT2D eigenvalue weighted by atomic mass is 16.5. The lowest BCUT2D eigenvalue weighted by atomic mass is 9.96. The van der Waals surface area contributed by atoms with Crippen LogP contribution >= 0.6 is 0 Å². The van der Waals surface area contributed by atoms with E-state index >= 15 is 0 Å². The van der Waals surface area contributed by atoms with E-state index in [0.717, 1.165) is 42.7 Å². The molecule has 0 bridgehead atoms. The van der Waals surface area contributed by atoms with E-state index in [-0.39, 0.29) is 11.8 Å². The van der Waals surface area contributed by atoms with Crippen LogP contribution in [0.15, 0.2) is 53.3 Å². The summed E-state index contributed by atoms with van der Waals surface area (Å²) in [4.78, 5) is 23.2. The van der Waals surface area contributed by atoms with Crippen molar-refractivity contribution in [1.82, 2.24) is 20.0 Å². The van der Waals surface area contributed by atoms with Crippen molar-refractivity contribution in [2.24, 2.45) is 5.92 Å². The highest BCUT2D eigenvalue weighted by Crippen LogP contribution is 2.23. The molecule has 4 rings (SSSR count). The van der Waals surface area contributed by atoms with Gasteiger partial charge in [0.2, 0.25) is 17.6 Å². The highest BCUT2D eigenvalue weighted by molar-refractivity contribution is 5.92. The smallest absolute Gasteiger partial charge is 0.241 e. The SMILES string of the molecule is Cc1ccccc1-c1noc(CN2CCC(C(=O)Nc3cccnc3)CC2)n1. The number of piperidine rings is 1. The van der Waals surface area contributed by atoms with Crippen LogP contribution in [-0.2, 0) is 11.3 Å². The molecule has 1 N–H and O–H groups in total. The summed E-state index contributed by atoms with van der Waals surface area (Å²) in [6.45, 7) is 4.29. The minimum absolute atomic E-state index is 0.0154. The second-order valence-corrected chi connectivity index (χ2v) is 7.11. The average Bonchev–Trinajstić information content (AvgIpc) is 3.18. The van der Waals surface area contributed by atoms with Gasteiger partial charge in [-0.2, -0.15) is 4.98 Å². The number of likely N-dealkylation sites (tertiary alicyclic amines) is 1. The van der Waals surface area contributed by atoms with Crippen molar-refractivity contribution >= 4 is 11.6 Å². The predicted octanol–water partition coefficient (Wildman–Crippen LogP) is 3.29. The van der Waals surface area contributed by atoms with Crippen LogP contribution in [0.3, 0.4) is 0 Å². The topological polar surface area (TPSA) is 84.2 Å². The van der Waals surface area contributed by atoms with Crippen molar-refractivity contribution in [3.8, 4) is 11.4 Å². The molecule has 0 radical (unpaired) electrons. The van der Waals surface area contributed by atoms with E-state index in [1.807, 2.05) is 43.3 Å². The molecule has 0 aliphatic carbocycles. The quantitative estimate of drug-likeness (QED) is 0.734. The molecule has 3 aromatic rings. The lowest BCUT2D eigenvalue weighted by Gasteiger charge is -2.30. The number of benzene rings is 1. The molecular formula is C21H23N5O2. The second-order valence-electron chi connectivity index (χ2n) is 7.11. The van der Waals surface area contributed by atoms with Gasteiger partial charge in [-0.3, -0.25) is 14.7 Å². The molecule has 1 aromatic carbocycles. The number of nitrogens with zero attached hydrogens (tertiary/aromatic N) is 4. The van der Waals surface area contributed by atoms with Crippen molar-refractivity contribution in [3.05, 3.63) is 60.2 Å². The Kier molecular flexibility index (Phi) is 5.43. The van der Waals surface area contributed by atoms with Gasteiger partial charge in [-0.15, -0.1) is 0 Å². The lowest BCUT2D eigenvalue weighted by molar-refractivity contribution is -0.121. The molecular weight excluding hydrogens is 354 g/mol. The zero-order valence-electron chi connectivity index (χ0n) is 15.8. The van der Waals surface area contributed by atoms with E-state index < -0.39 is 0 Å². The van der Waals surface area contributed by atoms with Crippen molar-refractivity contribution < 1.29 is 9.32 Å². The van der Waals surface area contributed by atoms with Crippen LogP contribution in [0.5, 0.6) is 0 Å². The minimum Gasteiger partial charge on any atom is -0.338 e. The van der Waals surface area contributed by atoms with Crippen LogP contribution in [0.1, 0.15) is 24.3 Å². The molecule has 1 aliphatic heterocycles. The molecule has 1 saturated heterocycles. The van der Waals surface area contributed by atoms with E-state index in [4.69, 9.17) is 4.52 Å². The zero-order valence-corrected chi connectivity index (χ0v) is 15.8. The Labute approximate surface area is 163 Å². The fourth-order valence-corrected chi connectivity index (χ4v) is 3.48. The monoisotopic (exact) mass is 377 g/mol. The number of pyridine rings is 1. The molecule has 3 heterocycles. The van der Waals surface area contributed by atoms with Gasteiger partial charge in [0.25, 0.3) is 0 Å². The Bertz CT molecular complexity index is 933. The number of amides is 1. The molecule has 7 nitrogen and oxygen atoms in total. The van der Waals surface area contributed by atoms with Gasteiger partial charge >= 0.3 is 0 Å². The first-order valence-electron chi connectivity index (χ1n) is 9.51. The first-order valence-corrected chi connectivity index (χ1v) is 9.51. The number of hydrogen-bond acceptors (Lipinski definition) is 6. The summed E-state index contributed by atoms with van der Waals surface area (Å²) in [5.74, 6) is 1.31. The van der Waals surface area contributed by atoms with E-state index in [1.165, 1.54) is 0 Å². The number of nitrogens with one attached hydrogen (secondary N) is 1. The summed E-state index contributed by atoms with van der Waals surface area (Å²) in [5.41, 5.74) is 2.85. The maximum Gasteiger partial charge on any atom is 0.241 e. The minimum atomic E-state index is 0.0154. The van der Waals surface area contributed by atoms with Gasteiger partial charge in [-0.25, -0.2) is 0 Å². The second kappa shape index (κ2) is 8.31. The number of anilines is 1. The number of aromatic nitrogens is 3. The van der Waals surface area contributed by atoms with E-state index in [2.05, 4.69) is 25.3 Å². The van der Waals surface area contributed by atoms with Gasteiger partial charge in [-0.1, -0.05) is 29.4 Å². The Balaban J connectivity index is 1.30. The van der Waals surface area contributed by atoms with Crippen LogP contribution in [-0.4, -0.2) is 39.0 Å². The maximum absolute atomic E-state index is 12.4. The van der Waals surface area contributed by atoms with Gasteiger partial charge in [-0.05, 0) is 50.6 Å². The first kappa shape index (κ1) is 18.3. The van der Waals surface area contributed by atoms with Crippen molar-refractivity contribution in [2.45, 2.75) is 26.3 Å². The van der Waals surface area contributed by atoms with Crippen LogP contribution in [0, 0.1) is 12.8 Å². The Morgan fingerprint density at radius 2 is 2.04 bits per heavy atom. The summed E-state index contributed by atoms with van der Waals surface area (Å²) < 4.78 is 5.44. The summed E-state index contributed by atoms with van der Waals surface area (Å²) in [7, 11) is 0. The van der Waals surface area contributed by atoms with Crippen molar-refractivity contribution in [1.29, 1.82) is 0 Å². The molecule has 7 heteroatoms. The molecule has 1 fully saturated rings. The molecule has 0 unspecified atom stereocenters. The van der Waals surface area contributed by atoms with Gasteiger partial charge in [0, 0.05) is 17.7 Å². The van der Waals surface area contributed by atoms with Crippen LogP contribution in [0.25, 0.3) is 11.4 Å². The number of aryl methyl sites for hydroxylation is 1. The maximum atomic E-state index is 12.4. The van der Waals surface area contributed by atoms with Crippen molar-refractivity contribution in [2.75, 3.05) is 18.4 Å². The third kappa shape index (κ3) is 4.26. The molecule has 0 atom stereocenters. The largest absolute Gasteiger partial charge is 0.338 e. The third-order valence-corrected chi connectivity index (χ3v) is 5.10. The predicted molar refractivity (Wildman–Crippen MR) is 105 cm³/mol. The summed E-state index contributed by atoms with van der Waals surface area (Å²) in [6, 6.07) is 11.7. The van der Waals surface area contributed by atoms with Gasteiger partial charge in [0.15, 0.2) is 0 Å². The number of hydrogen-bond donors (Lipinski definition) is 1. The van der Waals surface area contributed by atoms with E-state index in [9.17, 15) is 4.79 Å². The molecule has 2 aromatic heterocycles. The summed E-state index contributed by atoms with van der Waals surface area (Å²) >= 11 is 0. The fourth-order valence-electron chi connectivity index (χ4n) is 3.48. The lowest BCUT2D eigenvalue weighted by Crippen LogP contribution is -2.37. The average molecular weight is 377 g/mol. The number of carbonyl (C=O) groups excluding carboxylic acids is 1. The zero-order chi connectivity index (χ0) is 19.3. The standard InChI is InChI=1S/C21H23N5O2/c1-15-5-2-3-7-18(15)20-24-19(28-25-20)14-26-11-8-16(9-12-26)21(27)23-17-6-4-10-22-13-17/h2-7,10,13,16H,8-9,11-12,14H2,1H3,(H,23,27). The molecule has 144 valence electrons. The van der Waals surface area contributed by atoms with Gasteiger partial charge in [0.1, 0.15) is 0 Å². The third-order valence-electron chi connectivity index (χ3n) is 5.10. The molecule has 1 amide bonds. The van der Waals surface area contributed by atoms with Crippen LogP contribution in [0.4, 0.5) is 5.69 Å². The van der Waals surface area contributed by atoms with Crippen molar-refractivity contribution in [3.63, 3.8) is 0 Å². The summed E-state index contributed by atoms with van der Waals surface area (Å²) in [6.07, 6.45) is 4.97. The van der Waals surface area contributed by atoms with Gasteiger partial charge in [0.05, 0.1) is 18.4 Å². The number of rotatable bonds is 5. The number of carbonyl (C=O) groups is 1. The fraction of sp³-hybridized carbons (Fsp3) is 0.333. The van der Waals surface area contributed by atoms with Gasteiger partial charge < -0.3 is 9.84 Å². The van der Waals surface area contributed by atoms with E-state index in [1.54, 1.807) is 12.4 Å². The Hall–Kier alpha value is -3.06. The Morgan fingerprint density at radius 1 is 1.21 bits per heavy atom. The molecule has 28 heavy (non-hydrogen) atoms. The van der Waals surface area contributed by atoms with E-state index in [0.29, 0.717) is 18.3 Å². The molecule has 0 saturated carbocycles. The van der Waals surface area contributed by atoms with Crippen LogP contribution < -0.4 is 5.32 Å². The summed E-state index contributed by atoms with van der Waals surface area (Å²) in [5, 5.41) is 7.06. The first-order chi connectivity index (χ1) is 13.7.